The molecule has 0 aliphatic heterocycles. The molecule has 0 fully saturated rings. The van der Waals surface area contributed by atoms with Crippen LogP contribution in [0.15, 0.2) is 24.3 Å². The van der Waals surface area contributed by atoms with Crippen LogP contribution in [-0.4, -0.2) is 38.7 Å². The first-order valence-corrected chi connectivity index (χ1v) is 6.85. The lowest BCUT2D eigenvalue weighted by atomic mass is 9.85. The molecule has 0 saturated heterocycles. The van der Waals surface area contributed by atoms with Gasteiger partial charge in [0, 0.05) is 0 Å². The van der Waals surface area contributed by atoms with Crippen LogP contribution in [-0.2, 0) is 28.6 Å². The summed E-state index contributed by atoms with van der Waals surface area (Å²) in [5.74, 6) is -4.87. The molecule has 0 amide bonds. The van der Waals surface area contributed by atoms with E-state index in [9.17, 15) is 14.4 Å². The van der Waals surface area contributed by atoms with Gasteiger partial charge in [-0.3, -0.25) is 14.4 Å². The third-order valence-electron chi connectivity index (χ3n) is 3.22. The fraction of sp³-hybridized carbons (Fsp3) is 0.438. The van der Waals surface area contributed by atoms with Crippen molar-refractivity contribution in [3.8, 4) is 0 Å². The van der Waals surface area contributed by atoms with Crippen LogP contribution in [0, 0.1) is 12.8 Å². The second-order valence-electron chi connectivity index (χ2n) is 4.66. The molecule has 0 aliphatic carbocycles. The van der Waals surface area contributed by atoms with Crippen LogP contribution >= 0.6 is 0 Å². The Bertz CT molecular complexity index is 518. The van der Waals surface area contributed by atoms with E-state index in [0.717, 1.165) is 19.8 Å². The second kappa shape index (κ2) is 8.17. The highest BCUT2D eigenvalue weighted by Crippen LogP contribution is 2.29. The Labute approximate surface area is 129 Å². The predicted octanol–water partition coefficient (Wildman–Crippen LogP) is 1.60. The molecule has 0 N–H and O–H groups in total. The number of hydrogen-bond donors (Lipinski definition) is 0. The van der Waals surface area contributed by atoms with Gasteiger partial charge in [-0.25, -0.2) is 0 Å². The molecule has 0 aromatic heterocycles. The Balaban J connectivity index is 3.32. The molecule has 0 aliphatic rings. The smallest absolute Gasteiger partial charge is 0.321 e. The summed E-state index contributed by atoms with van der Waals surface area (Å²) in [5, 5.41) is 0. The first-order valence-electron chi connectivity index (χ1n) is 6.85. The van der Waals surface area contributed by atoms with Crippen molar-refractivity contribution in [1.82, 2.24) is 0 Å². The summed E-state index contributed by atoms with van der Waals surface area (Å²) in [6.07, 6.45) is 0. The van der Waals surface area contributed by atoms with E-state index in [-0.39, 0.29) is 6.61 Å². The summed E-state index contributed by atoms with van der Waals surface area (Å²) in [5.41, 5.74) is 1.48. The van der Waals surface area contributed by atoms with E-state index in [1.54, 1.807) is 31.2 Å². The quantitative estimate of drug-likeness (QED) is 0.451. The minimum atomic E-state index is -1.41. The van der Waals surface area contributed by atoms with E-state index < -0.39 is 29.7 Å². The van der Waals surface area contributed by atoms with Crippen molar-refractivity contribution in [2.24, 2.45) is 5.92 Å². The maximum Gasteiger partial charge on any atom is 0.321 e. The molecule has 0 saturated carbocycles. The summed E-state index contributed by atoms with van der Waals surface area (Å²) >= 11 is 0. The maximum absolute atomic E-state index is 12.3. The highest BCUT2D eigenvalue weighted by Gasteiger charge is 2.43. The third-order valence-corrected chi connectivity index (χ3v) is 3.22. The van der Waals surface area contributed by atoms with Crippen molar-refractivity contribution in [1.29, 1.82) is 0 Å². The van der Waals surface area contributed by atoms with Crippen molar-refractivity contribution in [3.63, 3.8) is 0 Å². The Kier molecular flexibility index (Phi) is 6.56. The highest BCUT2D eigenvalue weighted by atomic mass is 16.5. The van der Waals surface area contributed by atoms with Crippen LogP contribution in [0.4, 0.5) is 0 Å². The SMILES string of the molecule is CCOC(=O)C(c1ccc(C)cc1)C(C(=O)OC)C(=O)OC. The van der Waals surface area contributed by atoms with E-state index >= 15 is 0 Å². The Hall–Kier alpha value is -2.37. The number of carbonyl (C=O) groups is 3. The van der Waals surface area contributed by atoms with E-state index in [2.05, 4.69) is 9.47 Å². The van der Waals surface area contributed by atoms with E-state index in [1.807, 2.05) is 6.92 Å². The van der Waals surface area contributed by atoms with Gasteiger partial charge >= 0.3 is 17.9 Å². The number of methoxy groups -OCH3 is 2. The molecule has 1 rings (SSSR count). The molecular formula is C16H20O6. The van der Waals surface area contributed by atoms with Crippen LogP contribution < -0.4 is 0 Å². The van der Waals surface area contributed by atoms with Gasteiger partial charge in [-0.2, -0.15) is 0 Å². The Morgan fingerprint density at radius 3 is 1.86 bits per heavy atom. The van der Waals surface area contributed by atoms with Crippen molar-refractivity contribution in [2.75, 3.05) is 20.8 Å². The number of esters is 3. The average molecular weight is 308 g/mol. The number of rotatable bonds is 6. The number of ether oxygens (including phenoxy) is 3. The fourth-order valence-electron chi connectivity index (χ4n) is 2.09. The lowest BCUT2D eigenvalue weighted by molar-refractivity contribution is -0.165. The molecule has 1 unspecified atom stereocenters. The molecule has 0 heterocycles. The molecule has 1 aromatic rings. The first kappa shape index (κ1) is 17.7. The standard InChI is InChI=1S/C16H20O6/c1-5-22-16(19)12(11-8-6-10(2)7-9-11)13(14(17)20-3)15(18)21-4/h6-9,12-13H,5H2,1-4H3. The summed E-state index contributed by atoms with van der Waals surface area (Å²) in [4.78, 5) is 36.2. The lowest BCUT2D eigenvalue weighted by Crippen LogP contribution is -2.37. The van der Waals surface area contributed by atoms with Gasteiger partial charge in [-0.05, 0) is 19.4 Å². The van der Waals surface area contributed by atoms with Gasteiger partial charge in [0.15, 0.2) is 5.92 Å². The second-order valence-corrected chi connectivity index (χ2v) is 4.66. The zero-order valence-electron chi connectivity index (χ0n) is 13.1. The van der Waals surface area contributed by atoms with Crippen LogP contribution in [0.5, 0.6) is 0 Å². The van der Waals surface area contributed by atoms with Crippen LogP contribution in [0.2, 0.25) is 0 Å². The average Bonchev–Trinajstić information content (AvgIpc) is 2.52. The van der Waals surface area contributed by atoms with Crippen LogP contribution in [0.1, 0.15) is 24.0 Å². The summed E-state index contributed by atoms with van der Waals surface area (Å²) in [6, 6.07) is 6.92. The van der Waals surface area contributed by atoms with Gasteiger partial charge in [-0.15, -0.1) is 0 Å². The van der Waals surface area contributed by atoms with Gasteiger partial charge < -0.3 is 14.2 Å². The molecule has 1 aromatic carbocycles. The molecule has 6 heteroatoms. The number of hydrogen-bond acceptors (Lipinski definition) is 6. The van der Waals surface area contributed by atoms with Gasteiger partial charge in [-0.1, -0.05) is 29.8 Å². The monoisotopic (exact) mass is 308 g/mol. The number of benzene rings is 1. The third kappa shape index (κ3) is 4.07. The fourth-order valence-corrected chi connectivity index (χ4v) is 2.09. The molecule has 0 spiro atoms. The topological polar surface area (TPSA) is 78.9 Å². The molecule has 0 radical (unpaired) electrons. The molecule has 0 bridgehead atoms. The van der Waals surface area contributed by atoms with Crippen molar-refractivity contribution >= 4 is 17.9 Å². The van der Waals surface area contributed by atoms with Gasteiger partial charge in [0.2, 0.25) is 0 Å². The summed E-state index contributed by atoms with van der Waals surface area (Å²) < 4.78 is 14.3. The number of aryl methyl sites for hydroxylation is 1. The van der Waals surface area contributed by atoms with E-state index in [4.69, 9.17) is 4.74 Å². The van der Waals surface area contributed by atoms with Gasteiger partial charge in [0.1, 0.15) is 5.92 Å². The van der Waals surface area contributed by atoms with Crippen LogP contribution in [0.3, 0.4) is 0 Å². The lowest BCUT2D eigenvalue weighted by Gasteiger charge is -2.22. The molecule has 22 heavy (non-hydrogen) atoms. The Morgan fingerprint density at radius 2 is 1.45 bits per heavy atom. The van der Waals surface area contributed by atoms with Crippen LogP contribution in [0.25, 0.3) is 0 Å². The van der Waals surface area contributed by atoms with Crippen molar-refractivity contribution in [3.05, 3.63) is 35.4 Å². The molecular weight excluding hydrogens is 288 g/mol. The maximum atomic E-state index is 12.3. The number of carbonyl (C=O) groups excluding carboxylic acids is 3. The summed E-state index contributed by atoms with van der Waals surface area (Å²) in [6.45, 7) is 3.67. The highest BCUT2D eigenvalue weighted by molar-refractivity contribution is 6.01. The molecule has 1 atom stereocenters. The zero-order valence-corrected chi connectivity index (χ0v) is 13.1. The van der Waals surface area contributed by atoms with Gasteiger partial charge in [0.25, 0.3) is 0 Å². The normalized spacial score (nSPS) is 11.7. The minimum absolute atomic E-state index is 0.135. The van der Waals surface area contributed by atoms with E-state index in [0.29, 0.717) is 5.56 Å². The largest absolute Gasteiger partial charge is 0.468 e. The molecule has 6 nitrogen and oxygen atoms in total. The summed E-state index contributed by atoms with van der Waals surface area (Å²) in [7, 11) is 2.30. The molecule has 120 valence electrons. The zero-order chi connectivity index (χ0) is 16.7. The van der Waals surface area contributed by atoms with Gasteiger partial charge in [0.05, 0.1) is 20.8 Å². The van der Waals surface area contributed by atoms with Crippen molar-refractivity contribution in [2.45, 2.75) is 19.8 Å². The Morgan fingerprint density at radius 1 is 0.955 bits per heavy atom. The predicted molar refractivity (Wildman–Crippen MR) is 78.1 cm³/mol. The first-order chi connectivity index (χ1) is 10.5. The minimum Gasteiger partial charge on any atom is -0.468 e. The van der Waals surface area contributed by atoms with Crippen molar-refractivity contribution < 1.29 is 28.6 Å². The van der Waals surface area contributed by atoms with E-state index in [1.165, 1.54) is 0 Å².